The molecule has 4 nitrogen and oxygen atoms in total. The van der Waals surface area contributed by atoms with Gasteiger partial charge in [-0.3, -0.25) is 4.79 Å². The summed E-state index contributed by atoms with van der Waals surface area (Å²) in [6, 6.07) is 10.00. The number of benzene rings is 1. The molecule has 0 heterocycles. The molecule has 27 heavy (non-hydrogen) atoms. The molecule has 2 rings (SSSR count). The van der Waals surface area contributed by atoms with Gasteiger partial charge in [0.15, 0.2) is 0 Å². The van der Waals surface area contributed by atoms with Gasteiger partial charge in [0.05, 0.1) is 19.6 Å². The molecular formula is C23H30O4. The van der Waals surface area contributed by atoms with E-state index in [0.717, 1.165) is 42.4 Å². The molecule has 0 radical (unpaired) electrons. The molecule has 0 aromatic heterocycles. The summed E-state index contributed by atoms with van der Waals surface area (Å²) in [6.45, 7) is 6.32. The third-order valence-corrected chi connectivity index (χ3v) is 4.93. The van der Waals surface area contributed by atoms with E-state index in [2.05, 4.69) is 13.8 Å². The maximum absolute atomic E-state index is 12.8. The Morgan fingerprint density at radius 2 is 1.59 bits per heavy atom. The Hall–Kier alpha value is -2.36. The summed E-state index contributed by atoms with van der Waals surface area (Å²) in [4.78, 5) is 25.3. The Kier molecular flexibility index (Phi) is 7.83. The first-order valence-electron chi connectivity index (χ1n) is 9.82. The highest BCUT2D eigenvalue weighted by Gasteiger charge is 2.37. The fourth-order valence-electron chi connectivity index (χ4n) is 3.87. The topological polar surface area (TPSA) is 52.6 Å². The van der Waals surface area contributed by atoms with E-state index in [1.54, 1.807) is 13.0 Å². The molecule has 0 amide bonds. The molecule has 0 N–H and O–H groups in total. The molecule has 0 spiro atoms. The first-order chi connectivity index (χ1) is 13.1. The van der Waals surface area contributed by atoms with E-state index in [1.165, 1.54) is 7.11 Å². The van der Waals surface area contributed by atoms with E-state index in [4.69, 9.17) is 9.47 Å². The standard InChI is InChI=1S/C23H30O4/c1-5-11-17-18(12-6-2)21(16-13-9-8-10-14-16)20(23(25)27-7-3)15-19(17)22(24)26-4/h8-10,13-15,19,21H,5-7,11-12H2,1-4H3. The minimum absolute atomic E-state index is 0.173. The number of allylic oxidation sites excluding steroid dienone is 1. The first kappa shape index (κ1) is 20.9. The van der Waals surface area contributed by atoms with Gasteiger partial charge in [-0.05, 0) is 25.3 Å². The van der Waals surface area contributed by atoms with E-state index in [9.17, 15) is 9.59 Å². The average Bonchev–Trinajstić information content (AvgIpc) is 2.69. The third kappa shape index (κ3) is 4.68. The molecule has 1 aliphatic rings. The second-order valence-electron chi connectivity index (χ2n) is 6.74. The van der Waals surface area contributed by atoms with Gasteiger partial charge in [-0.2, -0.15) is 0 Å². The lowest BCUT2D eigenvalue weighted by Gasteiger charge is -2.33. The molecular weight excluding hydrogens is 340 g/mol. The Balaban J connectivity index is 2.68. The van der Waals surface area contributed by atoms with Crippen molar-refractivity contribution in [2.24, 2.45) is 5.92 Å². The fourth-order valence-corrected chi connectivity index (χ4v) is 3.87. The van der Waals surface area contributed by atoms with Crippen molar-refractivity contribution in [1.82, 2.24) is 0 Å². The predicted octanol–water partition coefficient (Wildman–Crippen LogP) is 4.96. The van der Waals surface area contributed by atoms with Crippen molar-refractivity contribution < 1.29 is 19.1 Å². The SMILES string of the molecule is CCCC1=C(CCC)C(c2ccccc2)C(C(=O)OCC)=CC1C(=O)OC. The Morgan fingerprint density at radius 3 is 2.15 bits per heavy atom. The number of rotatable bonds is 8. The highest BCUT2D eigenvalue weighted by atomic mass is 16.5. The van der Waals surface area contributed by atoms with Crippen LogP contribution in [0.15, 0.2) is 53.1 Å². The average molecular weight is 370 g/mol. The number of methoxy groups -OCH3 is 1. The van der Waals surface area contributed by atoms with Crippen molar-refractivity contribution in [3.05, 3.63) is 58.7 Å². The van der Waals surface area contributed by atoms with Crippen molar-refractivity contribution in [3.8, 4) is 0 Å². The molecule has 2 atom stereocenters. The van der Waals surface area contributed by atoms with E-state index in [1.807, 2.05) is 30.3 Å². The van der Waals surface area contributed by atoms with Crippen LogP contribution in [0.4, 0.5) is 0 Å². The largest absolute Gasteiger partial charge is 0.468 e. The lowest BCUT2D eigenvalue weighted by atomic mass is 9.71. The second kappa shape index (κ2) is 10.1. The van der Waals surface area contributed by atoms with Crippen LogP contribution < -0.4 is 0 Å². The summed E-state index contributed by atoms with van der Waals surface area (Å²) < 4.78 is 10.4. The lowest BCUT2D eigenvalue weighted by molar-refractivity contribution is -0.142. The van der Waals surface area contributed by atoms with Crippen LogP contribution in [0.1, 0.15) is 57.9 Å². The fraction of sp³-hybridized carbons (Fsp3) is 0.478. The van der Waals surface area contributed by atoms with Gasteiger partial charge in [-0.15, -0.1) is 0 Å². The summed E-state index contributed by atoms with van der Waals surface area (Å²) in [6.07, 6.45) is 5.28. The van der Waals surface area contributed by atoms with Gasteiger partial charge in [-0.25, -0.2) is 4.79 Å². The lowest BCUT2D eigenvalue weighted by Crippen LogP contribution is -2.28. The number of carbonyl (C=O) groups is 2. The zero-order valence-electron chi connectivity index (χ0n) is 16.8. The minimum Gasteiger partial charge on any atom is -0.468 e. The zero-order chi connectivity index (χ0) is 19.8. The third-order valence-electron chi connectivity index (χ3n) is 4.93. The van der Waals surface area contributed by atoms with Crippen LogP contribution in [0.2, 0.25) is 0 Å². The number of carbonyl (C=O) groups excluding carboxylic acids is 2. The Labute approximate surface area is 162 Å². The smallest absolute Gasteiger partial charge is 0.334 e. The number of esters is 2. The molecule has 146 valence electrons. The van der Waals surface area contributed by atoms with Crippen LogP contribution in [0.5, 0.6) is 0 Å². The van der Waals surface area contributed by atoms with E-state index in [-0.39, 0.29) is 17.9 Å². The Morgan fingerprint density at radius 1 is 0.963 bits per heavy atom. The molecule has 0 fully saturated rings. The number of hydrogen-bond acceptors (Lipinski definition) is 4. The van der Waals surface area contributed by atoms with Gasteiger partial charge >= 0.3 is 11.9 Å². The van der Waals surface area contributed by atoms with E-state index < -0.39 is 5.92 Å². The van der Waals surface area contributed by atoms with Crippen LogP contribution in [-0.4, -0.2) is 25.7 Å². The summed E-state index contributed by atoms with van der Waals surface area (Å²) in [5.41, 5.74) is 3.85. The van der Waals surface area contributed by atoms with E-state index in [0.29, 0.717) is 12.2 Å². The zero-order valence-corrected chi connectivity index (χ0v) is 16.8. The van der Waals surface area contributed by atoms with Gasteiger partial charge < -0.3 is 9.47 Å². The molecule has 4 heteroatoms. The van der Waals surface area contributed by atoms with Gasteiger partial charge in [0.25, 0.3) is 0 Å². The van der Waals surface area contributed by atoms with Gasteiger partial charge in [0, 0.05) is 11.5 Å². The van der Waals surface area contributed by atoms with Crippen molar-refractivity contribution in [2.45, 2.75) is 52.4 Å². The molecule has 1 aliphatic carbocycles. The van der Waals surface area contributed by atoms with Crippen LogP contribution >= 0.6 is 0 Å². The summed E-state index contributed by atoms with van der Waals surface area (Å²) in [5.74, 6) is -1.37. The highest BCUT2D eigenvalue weighted by Crippen LogP contribution is 2.44. The van der Waals surface area contributed by atoms with Crippen LogP contribution in [0, 0.1) is 5.92 Å². The maximum atomic E-state index is 12.8. The maximum Gasteiger partial charge on any atom is 0.334 e. The minimum atomic E-state index is -0.518. The van der Waals surface area contributed by atoms with Gasteiger partial charge in [0.1, 0.15) is 0 Å². The molecule has 0 aliphatic heterocycles. The molecule has 0 saturated heterocycles. The highest BCUT2D eigenvalue weighted by molar-refractivity contribution is 5.94. The van der Waals surface area contributed by atoms with Gasteiger partial charge in [0.2, 0.25) is 0 Å². The summed E-state index contributed by atoms with van der Waals surface area (Å²) in [5, 5.41) is 0. The number of ether oxygens (including phenoxy) is 2. The number of hydrogen-bond donors (Lipinski definition) is 0. The molecule has 0 bridgehead atoms. The normalized spacial score (nSPS) is 19.5. The van der Waals surface area contributed by atoms with Crippen LogP contribution in [0.25, 0.3) is 0 Å². The summed E-state index contributed by atoms with van der Waals surface area (Å²) in [7, 11) is 1.40. The van der Waals surface area contributed by atoms with Crippen molar-refractivity contribution in [2.75, 3.05) is 13.7 Å². The van der Waals surface area contributed by atoms with Crippen LogP contribution in [-0.2, 0) is 19.1 Å². The van der Waals surface area contributed by atoms with Crippen molar-refractivity contribution in [3.63, 3.8) is 0 Å². The summed E-state index contributed by atoms with van der Waals surface area (Å²) >= 11 is 0. The van der Waals surface area contributed by atoms with Gasteiger partial charge in [-0.1, -0.05) is 74.2 Å². The Bertz CT molecular complexity index is 715. The second-order valence-corrected chi connectivity index (χ2v) is 6.74. The molecule has 1 aromatic rings. The van der Waals surface area contributed by atoms with Crippen molar-refractivity contribution >= 4 is 11.9 Å². The van der Waals surface area contributed by atoms with Crippen molar-refractivity contribution in [1.29, 1.82) is 0 Å². The molecule has 2 unspecified atom stereocenters. The quantitative estimate of drug-likeness (QED) is 0.479. The molecule has 1 aromatic carbocycles. The molecule has 0 saturated carbocycles. The first-order valence-corrected chi connectivity index (χ1v) is 9.82. The predicted molar refractivity (Wildman–Crippen MR) is 106 cm³/mol. The van der Waals surface area contributed by atoms with Crippen LogP contribution in [0.3, 0.4) is 0 Å². The monoisotopic (exact) mass is 370 g/mol. The van der Waals surface area contributed by atoms with E-state index >= 15 is 0 Å².